The van der Waals surface area contributed by atoms with Gasteiger partial charge in [-0.15, -0.1) is 0 Å². The van der Waals surface area contributed by atoms with E-state index in [2.05, 4.69) is 20.3 Å². The van der Waals surface area contributed by atoms with Crippen molar-refractivity contribution in [3.63, 3.8) is 0 Å². The van der Waals surface area contributed by atoms with E-state index in [1.165, 1.54) is 31.6 Å². The summed E-state index contributed by atoms with van der Waals surface area (Å²) in [6.45, 7) is 0. The highest BCUT2D eigenvalue weighted by Crippen LogP contribution is 2.15. The van der Waals surface area contributed by atoms with Crippen molar-refractivity contribution in [2.75, 3.05) is 12.4 Å². The smallest absolute Gasteiger partial charge is 0.263 e. The highest BCUT2D eigenvalue weighted by molar-refractivity contribution is 6.29. The predicted molar refractivity (Wildman–Crippen MR) is 68.6 cm³/mol. The minimum Gasteiger partial charge on any atom is -0.481 e. The molecule has 0 spiro atoms. The molecule has 8 heteroatoms. The Morgan fingerprint density at radius 3 is 2.95 bits per heavy atom. The molecule has 0 radical (unpaired) electrons. The number of carbonyl (C=O) groups is 1. The van der Waals surface area contributed by atoms with E-state index in [1.54, 1.807) is 0 Å². The molecule has 0 unspecified atom stereocenters. The van der Waals surface area contributed by atoms with Crippen molar-refractivity contribution < 1.29 is 9.53 Å². The van der Waals surface area contributed by atoms with Gasteiger partial charge in [0.2, 0.25) is 11.8 Å². The fourth-order valence-corrected chi connectivity index (χ4v) is 1.49. The lowest BCUT2D eigenvalue weighted by Crippen LogP contribution is -2.22. The number of hydrogen-bond acceptors (Lipinski definition) is 5. The first kappa shape index (κ1) is 13.0. The van der Waals surface area contributed by atoms with Gasteiger partial charge in [-0.25, -0.2) is 4.98 Å². The van der Waals surface area contributed by atoms with E-state index in [4.69, 9.17) is 16.3 Å². The molecule has 0 aliphatic carbocycles. The molecule has 0 aliphatic rings. The number of H-pyrrole nitrogens is 1. The van der Waals surface area contributed by atoms with Crippen LogP contribution >= 0.6 is 11.6 Å². The van der Waals surface area contributed by atoms with Gasteiger partial charge in [0, 0.05) is 24.5 Å². The Balaban J connectivity index is 2.27. The number of rotatable bonds is 3. The molecule has 0 fully saturated rings. The van der Waals surface area contributed by atoms with Crippen LogP contribution in [0.5, 0.6) is 5.88 Å². The van der Waals surface area contributed by atoms with Crippen molar-refractivity contribution in [3.8, 4) is 5.88 Å². The Kier molecular flexibility index (Phi) is 3.76. The van der Waals surface area contributed by atoms with Crippen molar-refractivity contribution in [3.05, 3.63) is 45.5 Å². The van der Waals surface area contributed by atoms with E-state index in [1.807, 2.05) is 0 Å². The summed E-state index contributed by atoms with van der Waals surface area (Å²) in [7, 11) is 1.41. The summed E-state index contributed by atoms with van der Waals surface area (Å²) >= 11 is 5.74. The molecule has 2 aromatic heterocycles. The molecule has 0 bridgehead atoms. The first-order valence-corrected chi connectivity index (χ1v) is 5.55. The molecule has 0 aromatic carbocycles. The lowest BCUT2D eigenvalue weighted by atomic mass is 10.2. The van der Waals surface area contributed by atoms with Crippen LogP contribution in [0.2, 0.25) is 5.15 Å². The zero-order valence-electron chi connectivity index (χ0n) is 9.81. The second-order valence-corrected chi connectivity index (χ2v) is 3.82. The van der Waals surface area contributed by atoms with Crippen LogP contribution in [0.25, 0.3) is 0 Å². The molecule has 19 heavy (non-hydrogen) atoms. The van der Waals surface area contributed by atoms with E-state index in [0.29, 0.717) is 0 Å². The maximum atomic E-state index is 11.9. The first-order valence-electron chi connectivity index (χ1n) is 5.17. The maximum absolute atomic E-state index is 11.9. The van der Waals surface area contributed by atoms with Gasteiger partial charge in [-0.3, -0.25) is 14.9 Å². The minimum absolute atomic E-state index is 0.0439. The van der Waals surface area contributed by atoms with Gasteiger partial charge >= 0.3 is 0 Å². The summed E-state index contributed by atoms with van der Waals surface area (Å²) in [6, 6.07) is 2.64. The Labute approximate surface area is 112 Å². The van der Waals surface area contributed by atoms with Crippen molar-refractivity contribution in [1.82, 2.24) is 15.0 Å². The lowest BCUT2D eigenvalue weighted by Gasteiger charge is -2.05. The van der Waals surface area contributed by atoms with Gasteiger partial charge in [0.25, 0.3) is 5.91 Å². The van der Waals surface area contributed by atoms with Crippen LogP contribution in [0.3, 0.4) is 0 Å². The minimum atomic E-state index is -0.633. The van der Waals surface area contributed by atoms with Crippen LogP contribution in [0, 0.1) is 0 Å². The predicted octanol–water partition coefficient (Wildman–Crippen LogP) is 1.08. The zero-order valence-corrected chi connectivity index (χ0v) is 10.6. The second-order valence-electron chi connectivity index (χ2n) is 3.43. The summed E-state index contributed by atoms with van der Waals surface area (Å²) in [4.78, 5) is 33.7. The van der Waals surface area contributed by atoms with Gasteiger partial charge < -0.3 is 9.72 Å². The Morgan fingerprint density at radius 2 is 2.26 bits per heavy atom. The van der Waals surface area contributed by atoms with E-state index >= 15 is 0 Å². The van der Waals surface area contributed by atoms with Crippen LogP contribution < -0.4 is 15.5 Å². The molecule has 0 aliphatic heterocycles. The monoisotopic (exact) mass is 280 g/mol. The molecule has 2 aromatic rings. The van der Waals surface area contributed by atoms with Crippen LogP contribution in [0.1, 0.15) is 10.4 Å². The molecule has 0 saturated carbocycles. The first-order chi connectivity index (χ1) is 9.10. The van der Waals surface area contributed by atoms with Crippen LogP contribution in [0.4, 0.5) is 5.95 Å². The van der Waals surface area contributed by atoms with Crippen LogP contribution in [-0.2, 0) is 0 Å². The highest BCUT2D eigenvalue weighted by Gasteiger charge is 2.12. The number of amides is 1. The van der Waals surface area contributed by atoms with Gasteiger partial charge in [0.1, 0.15) is 10.7 Å². The average molecular weight is 281 g/mol. The number of carbonyl (C=O) groups excluding carboxylic acids is 1. The second kappa shape index (κ2) is 5.49. The number of nitrogens with zero attached hydrogens (tertiary/aromatic N) is 2. The quantitative estimate of drug-likeness (QED) is 0.820. The maximum Gasteiger partial charge on any atom is 0.263 e. The molecule has 98 valence electrons. The SMILES string of the molecule is COc1cc(Cl)nc(NC(=O)c2c[nH]ccc2=O)n1. The number of aromatic nitrogens is 3. The highest BCUT2D eigenvalue weighted by atomic mass is 35.5. The molecule has 2 rings (SSSR count). The molecular weight excluding hydrogens is 272 g/mol. The lowest BCUT2D eigenvalue weighted by molar-refractivity contribution is 0.102. The molecule has 1 amide bonds. The standard InChI is InChI=1S/C11H9ClN4O3/c1-19-9-4-8(12)14-11(15-9)16-10(18)6-5-13-3-2-7(6)17/h2-5H,1H3,(H,13,17)(H,14,15,16,18). The third kappa shape index (κ3) is 3.08. The fraction of sp³-hybridized carbons (Fsp3) is 0.0909. The molecule has 0 saturated heterocycles. The summed E-state index contributed by atoms with van der Waals surface area (Å²) in [5, 5.41) is 2.48. The van der Waals surface area contributed by atoms with Crippen LogP contribution in [-0.4, -0.2) is 28.0 Å². The van der Waals surface area contributed by atoms with Crippen molar-refractivity contribution in [2.24, 2.45) is 0 Å². The van der Waals surface area contributed by atoms with Crippen molar-refractivity contribution in [2.45, 2.75) is 0 Å². The van der Waals surface area contributed by atoms with E-state index in [0.717, 1.165) is 0 Å². The number of pyridine rings is 1. The number of aromatic amines is 1. The van der Waals surface area contributed by atoms with Gasteiger partial charge in [0.05, 0.1) is 7.11 Å². The van der Waals surface area contributed by atoms with Gasteiger partial charge in [-0.2, -0.15) is 4.98 Å². The zero-order chi connectivity index (χ0) is 13.8. The van der Waals surface area contributed by atoms with E-state index in [-0.39, 0.29) is 22.5 Å². The largest absolute Gasteiger partial charge is 0.481 e. The molecule has 0 atom stereocenters. The third-order valence-electron chi connectivity index (χ3n) is 2.17. The number of nitrogens with one attached hydrogen (secondary N) is 2. The van der Waals surface area contributed by atoms with Crippen LogP contribution in [0.15, 0.2) is 29.3 Å². The van der Waals surface area contributed by atoms with Gasteiger partial charge in [-0.1, -0.05) is 11.6 Å². The Bertz CT molecular complexity index is 671. The summed E-state index contributed by atoms with van der Waals surface area (Å²) < 4.78 is 4.89. The molecule has 2 N–H and O–H groups in total. The Hall–Kier alpha value is -2.41. The fourth-order valence-electron chi connectivity index (χ4n) is 1.32. The van der Waals surface area contributed by atoms with Gasteiger partial charge in [0.15, 0.2) is 5.43 Å². The number of methoxy groups -OCH3 is 1. The number of anilines is 1. The number of halogens is 1. The molecular formula is C11H9ClN4O3. The average Bonchev–Trinajstić information content (AvgIpc) is 2.38. The summed E-state index contributed by atoms with van der Waals surface area (Å²) in [5.74, 6) is -0.471. The number of hydrogen-bond donors (Lipinski definition) is 2. The van der Waals surface area contributed by atoms with E-state index in [9.17, 15) is 9.59 Å². The van der Waals surface area contributed by atoms with Crippen molar-refractivity contribution in [1.29, 1.82) is 0 Å². The summed E-state index contributed by atoms with van der Waals surface area (Å²) in [6.07, 6.45) is 2.72. The van der Waals surface area contributed by atoms with Gasteiger partial charge in [-0.05, 0) is 0 Å². The third-order valence-corrected chi connectivity index (χ3v) is 2.37. The Morgan fingerprint density at radius 1 is 1.47 bits per heavy atom. The normalized spacial score (nSPS) is 10.0. The number of ether oxygens (including phenoxy) is 1. The summed E-state index contributed by atoms with van der Waals surface area (Å²) in [5.41, 5.74) is -0.463. The molecule has 2 heterocycles. The van der Waals surface area contributed by atoms with E-state index < -0.39 is 11.3 Å². The van der Waals surface area contributed by atoms with Crippen molar-refractivity contribution >= 4 is 23.5 Å². The molecule has 7 nitrogen and oxygen atoms in total. The topological polar surface area (TPSA) is 97.0 Å².